The van der Waals surface area contributed by atoms with Crippen LogP contribution < -0.4 is 0 Å². The Morgan fingerprint density at radius 3 is 2.55 bits per heavy atom. The highest BCUT2D eigenvalue weighted by molar-refractivity contribution is 5.86. The van der Waals surface area contributed by atoms with Gasteiger partial charge in [0.25, 0.3) is 0 Å². The number of ether oxygens (including phenoxy) is 1. The molecule has 0 aliphatic heterocycles. The smallest absolute Gasteiger partial charge is 0.422 e. The van der Waals surface area contributed by atoms with E-state index in [4.69, 9.17) is 0 Å². The number of benzene rings is 1. The highest BCUT2D eigenvalue weighted by Crippen LogP contribution is 2.45. The molecule has 0 saturated carbocycles. The average molecular weight is 315 g/mol. The Labute approximate surface area is 124 Å². The molecule has 0 radical (unpaired) electrons. The Morgan fingerprint density at radius 1 is 1.32 bits per heavy atom. The number of alkyl halides is 3. The molecule has 0 amide bonds. The normalized spacial score (nSPS) is 14.8. The lowest BCUT2D eigenvalue weighted by Gasteiger charge is -2.30. The molecule has 1 unspecified atom stereocenters. The van der Waals surface area contributed by atoms with Crippen molar-refractivity contribution in [2.24, 2.45) is 0 Å². The van der Waals surface area contributed by atoms with Crippen LogP contribution in [0.3, 0.4) is 0 Å². The van der Waals surface area contributed by atoms with E-state index in [0.717, 1.165) is 0 Å². The Kier molecular flexibility index (Phi) is 4.19. The van der Waals surface area contributed by atoms with Gasteiger partial charge in [-0.25, -0.2) is 0 Å². The highest BCUT2D eigenvalue weighted by Gasteiger charge is 2.58. The molecule has 4 nitrogen and oxygen atoms in total. The number of para-hydroxylation sites is 1. The monoisotopic (exact) mass is 315 g/mol. The number of carbonyl (C=O) groups excluding carboxylic acids is 1. The van der Waals surface area contributed by atoms with E-state index in [1.54, 1.807) is 18.2 Å². The largest absolute Gasteiger partial charge is 0.466 e. The Morgan fingerprint density at radius 2 is 1.95 bits per heavy atom. The number of carbonyl (C=O) groups is 1. The standard InChI is InChI=1S/C15H16F3NO3/c1-3-22-12(20)8-14(21,15(16,17)18)13-9(2)19-11-7-5-4-6-10(11)13/h4-7,19,21H,3,8H2,1-2H3. The summed E-state index contributed by atoms with van der Waals surface area (Å²) in [5.74, 6) is -1.10. The maximum absolute atomic E-state index is 13.5. The number of halogens is 3. The van der Waals surface area contributed by atoms with Crippen molar-refractivity contribution in [1.82, 2.24) is 4.98 Å². The van der Waals surface area contributed by atoms with Gasteiger partial charge in [-0.15, -0.1) is 0 Å². The van der Waals surface area contributed by atoms with Crippen LogP contribution in [-0.4, -0.2) is 28.8 Å². The molecule has 7 heteroatoms. The van der Waals surface area contributed by atoms with E-state index in [2.05, 4.69) is 9.72 Å². The molecular weight excluding hydrogens is 299 g/mol. The molecule has 1 heterocycles. The Bertz CT molecular complexity index is 693. The Hall–Kier alpha value is -2.02. The van der Waals surface area contributed by atoms with Crippen molar-refractivity contribution in [3.05, 3.63) is 35.5 Å². The molecule has 2 aromatic rings. The third-order valence-electron chi connectivity index (χ3n) is 3.48. The van der Waals surface area contributed by atoms with Crippen molar-refractivity contribution in [3.8, 4) is 0 Å². The summed E-state index contributed by atoms with van der Waals surface area (Å²) in [7, 11) is 0. The second kappa shape index (κ2) is 5.64. The summed E-state index contributed by atoms with van der Waals surface area (Å²) in [5.41, 5.74) is -3.03. The van der Waals surface area contributed by atoms with E-state index >= 15 is 0 Å². The predicted molar refractivity (Wildman–Crippen MR) is 74.2 cm³/mol. The number of hydrogen-bond acceptors (Lipinski definition) is 3. The summed E-state index contributed by atoms with van der Waals surface area (Å²) in [6.07, 6.45) is -6.21. The number of aromatic nitrogens is 1. The average Bonchev–Trinajstić information content (AvgIpc) is 2.73. The molecule has 1 aromatic carbocycles. The fourth-order valence-electron chi connectivity index (χ4n) is 2.56. The summed E-state index contributed by atoms with van der Waals surface area (Å²) in [5, 5.41) is 10.6. The van der Waals surface area contributed by atoms with Gasteiger partial charge in [0.05, 0.1) is 13.0 Å². The number of rotatable bonds is 4. The number of esters is 1. The summed E-state index contributed by atoms with van der Waals surface area (Å²) >= 11 is 0. The van der Waals surface area contributed by atoms with Crippen LogP contribution in [0.4, 0.5) is 13.2 Å². The third-order valence-corrected chi connectivity index (χ3v) is 3.48. The van der Waals surface area contributed by atoms with Gasteiger partial charge in [-0.2, -0.15) is 13.2 Å². The predicted octanol–water partition coefficient (Wildman–Crippen LogP) is 3.18. The van der Waals surface area contributed by atoms with Gasteiger partial charge in [0, 0.05) is 22.2 Å². The SMILES string of the molecule is CCOC(=O)CC(O)(c1c(C)[nH]c2ccccc12)C(F)(F)F. The van der Waals surface area contributed by atoms with Gasteiger partial charge in [0.1, 0.15) is 0 Å². The van der Waals surface area contributed by atoms with E-state index in [1.807, 2.05) is 0 Å². The van der Waals surface area contributed by atoms with Gasteiger partial charge >= 0.3 is 12.1 Å². The lowest BCUT2D eigenvalue weighted by molar-refractivity contribution is -0.269. The number of fused-ring (bicyclic) bond motifs is 1. The topological polar surface area (TPSA) is 62.3 Å². The van der Waals surface area contributed by atoms with Crippen LogP contribution in [0.2, 0.25) is 0 Å². The molecule has 0 saturated heterocycles. The molecule has 2 rings (SSSR count). The van der Waals surface area contributed by atoms with Gasteiger partial charge in [-0.1, -0.05) is 18.2 Å². The number of aromatic amines is 1. The minimum atomic E-state index is -5.02. The van der Waals surface area contributed by atoms with Crippen molar-refractivity contribution >= 4 is 16.9 Å². The molecular formula is C15H16F3NO3. The summed E-state index contributed by atoms with van der Waals surface area (Å²) in [4.78, 5) is 14.4. The second-order valence-corrected chi connectivity index (χ2v) is 5.01. The van der Waals surface area contributed by atoms with Crippen LogP contribution in [0.25, 0.3) is 10.9 Å². The summed E-state index contributed by atoms with van der Waals surface area (Å²) in [6, 6.07) is 6.31. The quantitative estimate of drug-likeness (QED) is 0.852. The van der Waals surface area contributed by atoms with Crippen molar-refractivity contribution in [3.63, 3.8) is 0 Å². The lowest BCUT2D eigenvalue weighted by atomic mass is 9.87. The highest BCUT2D eigenvalue weighted by atomic mass is 19.4. The first kappa shape index (κ1) is 16.4. The van der Waals surface area contributed by atoms with Crippen LogP contribution in [0.5, 0.6) is 0 Å². The van der Waals surface area contributed by atoms with Crippen LogP contribution in [-0.2, 0) is 15.1 Å². The number of aryl methyl sites for hydroxylation is 1. The molecule has 120 valence electrons. The minimum Gasteiger partial charge on any atom is -0.466 e. The van der Waals surface area contributed by atoms with Crippen molar-refractivity contribution in [2.45, 2.75) is 32.0 Å². The molecule has 2 N–H and O–H groups in total. The summed E-state index contributed by atoms with van der Waals surface area (Å²) < 4.78 is 45.1. The Balaban J connectivity index is 2.62. The van der Waals surface area contributed by atoms with Crippen LogP contribution in [0, 0.1) is 6.92 Å². The molecule has 0 aliphatic rings. The number of hydrogen-bond donors (Lipinski definition) is 2. The molecule has 0 spiro atoms. The van der Waals surface area contributed by atoms with Crippen LogP contribution >= 0.6 is 0 Å². The first-order valence-electron chi connectivity index (χ1n) is 6.73. The van der Waals surface area contributed by atoms with Crippen LogP contribution in [0.1, 0.15) is 24.6 Å². The number of nitrogens with one attached hydrogen (secondary N) is 1. The zero-order chi connectivity index (χ0) is 16.5. The van der Waals surface area contributed by atoms with Crippen LogP contribution in [0.15, 0.2) is 24.3 Å². The molecule has 22 heavy (non-hydrogen) atoms. The zero-order valence-electron chi connectivity index (χ0n) is 12.1. The lowest BCUT2D eigenvalue weighted by Crippen LogP contribution is -2.44. The minimum absolute atomic E-state index is 0.0559. The first-order chi connectivity index (χ1) is 10.2. The van der Waals surface area contributed by atoms with E-state index in [9.17, 15) is 23.1 Å². The van der Waals surface area contributed by atoms with Crippen molar-refractivity contribution < 1.29 is 27.8 Å². The molecule has 1 aromatic heterocycles. The first-order valence-corrected chi connectivity index (χ1v) is 6.73. The maximum Gasteiger partial charge on any atom is 0.422 e. The van der Waals surface area contributed by atoms with E-state index < -0.39 is 24.2 Å². The van der Waals surface area contributed by atoms with Crippen molar-refractivity contribution in [2.75, 3.05) is 6.61 Å². The number of aliphatic hydroxyl groups is 1. The molecule has 1 atom stereocenters. The molecule has 0 aliphatic carbocycles. The van der Waals surface area contributed by atoms with Gasteiger partial charge in [0.2, 0.25) is 0 Å². The van der Waals surface area contributed by atoms with Gasteiger partial charge in [0.15, 0.2) is 5.60 Å². The van der Waals surface area contributed by atoms with Gasteiger partial charge in [-0.3, -0.25) is 4.79 Å². The van der Waals surface area contributed by atoms with E-state index in [1.165, 1.54) is 19.9 Å². The fraction of sp³-hybridized carbons (Fsp3) is 0.400. The van der Waals surface area contributed by atoms with Gasteiger partial charge in [-0.05, 0) is 19.9 Å². The maximum atomic E-state index is 13.5. The zero-order valence-corrected chi connectivity index (χ0v) is 12.1. The van der Waals surface area contributed by atoms with Gasteiger partial charge < -0.3 is 14.8 Å². The molecule has 0 bridgehead atoms. The second-order valence-electron chi connectivity index (χ2n) is 5.01. The third kappa shape index (κ3) is 2.68. The fourth-order valence-corrected chi connectivity index (χ4v) is 2.56. The summed E-state index contributed by atoms with van der Waals surface area (Å²) in [6.45, 7) is 2.86. The van der Waals surface area contributed by atoms with Crippen molar-refractivity contribution in [1.29, 1.82) is 0 Å². The van der Waals surface area contributed by atoms with E-state index in [-0.39, 0.29) is 23.3 Å². The van der Waals surface area contributed by atoms with E-state index in [0.29, 0.717) is 5.52 Å². The number of H-pyrrole nitrogens is 1. The molecule has 0 fully saturated rings.